The molecule has 0 heterocycles. The highest BCUT2D eigenvalue weighted by atomic mass is 32.2. The molecule has 0 aromatic rings. The van der Waals surface area contributed by atoms with Gasteiger partial charge in [-0.15, -0.1) is 0 Å². The fraction of sp³-hybridized carbons (Fsp3) is 1.00. The Morgan fingerprint density at radius 3 is 1.88 bits per heavy atom. The van der Waals surface area contributed by atoms with Crippen LogP contribution in [0, 0.1) is 0 Å². The Hall–Kier alpha value is 0.780. The summed E-state index contributed by atoms with van der Waals surface area (Å²) in [4.78, 5) is 0. The summed E-state index contributed by atoms with van der Waals surface area (Å²) < 4.78 is 0. The Bertz CT molecular complexity index is 56.0. The first-order valence-corrected chi connectivity index (χ1v) is 7.56. The minimum Gasteiger partial charge on any atom is -0.162 e. The van der Waals surface area contributed by atoms with E-state index in [9.17, 15) is 0 Å². The first-order valence-electron chi connectivity index (χ1n) is 2.85. The molecule has 0 aliphatic rings. The van der Waals surface area contributed by atoms with Crippen LogP contribution in [0.2, 0.25) is 0 Å². The number of hydrogen-bond acceptors (Lipinski definition) is 1. The van der Waals surface area contributed by atoms with Gasteiger partial charge in [0.1, 0.15) is 0 Å². The van der Waals surface area contributed by atoms with Crippen molar-refractivity contribution in [3.8, 4) is 0 Å². The van der Waals surface area contributed by atoms with Gasteiger partial charge in [0.2, 0.25) is 0 Å². The van der Waals surface area contributed by atoms with E-state index in [0.717, 1.165) is 0 Å². The summed E-state index contributed by atoms with van der Waals surface area (Å²) in [6, 6.07) is 0. The Balaban J connectivity index is 3.11. The van der Waals surface area contributed by atoms with Crippen molar-refractivity contribution in [1.29, 1.82) is 0 Å². The second-order valence-electron chi connectivity index (χ2n) is 3.01. The molecule has 0 aromatic heterocycles. The number of rotatable bonds is 3. The molecule has 0 unspecified atom stereocenters. The van der Waals surface area contributed by atoms with Crippen LogP contribution in [0.15, 0.2) is 0 Å². The molecule has 0 aliphatic carbocycles. The number of hydrogen-bond donors (Lipinski definition) is 0. The molecule has 0 radical (unpaired) electrons. The molecule has 0 rings (SSSR count). The third-order valence-electron chi connectivity index (χ3n) is 0.966. The maximum absolute atomic E-state index is 2.39. The van der Waals surface area contributed by atoms with Gasteiger partial charge in [-0.1, -0.05) is 0 Å². The van der Waals surface area contributed by atoms with Crippen LogP contribution in [-0.2, 0) is 0 Å². The highest BCUT2D eigenvalue weighted by Gasteiger charge is 2.14. The molecule has 0 saturated heterocycles. The van der Waals surface area contributed by atoms with Gasteiger partial charge < -0.3 is 0 Å². The molecular weight excluding hydrogens is 135 g/mol. The average Bonchev–Trinajstić information content (AvgIpc) is 1.59. The van der Waals surface area contributed by atoms with E-state index in [1.54, 1.807) is 0 Å². The molecular formula is C6H16PS+. The van der Waals surface area contributed by atoms with Crippen LogP contribution >= 0.6 is 19.0 Å². The molecule has 0 spiro atoms. The Labute approximate surface area is 57.8 Å². The fourth-order valence-corrected chi connectivity index (χ4v) is 3.29. The zero-order chi connectivity index (χ0) is 6.62. The molecule has 0 atom stereocenters. The van der Waals surface area contributed by atoms with E-state index < -0.39 is 7.26 Å². The molecule has 2 heteroatoms. The lowest BCUT2D eigenvalue weighted by Gasteiger charge is -2.09. The van der Waals surface area contributed by atoms with Crippen molar-refractivity contribution in [3.05, 3.63) is 0 Å². The first kappa shape index (κ1) is 8.78. The van der Waals surface area contributed by atoms with Gasteiger partial charge >= 0.3 is 0 Å². The highest BCUT2D eigenvalue weighted by molar-refractivity contribution is 7.99. The van der Waals surface area contributed by atoms with Crippen molar-refractivity contribution < 1.29 is 0 Å². The van der Waals surface area contributed by atoms with Gasteiger partial charge in [-0.3, -0.25) is 0 Å². The molecule has 0 fully saturated rings. The van der Waals surface area contributed by atoms with Crippen LogP contribution in [0.1, 0.15) is 0 Å². The second-order valence-corrected chi connectivity index (χ2v) is 9.02. The van der Waals surface area contributed by atoms with Gasteiger partial charge in [0, 0.05) is 33.0 Å². The standard InChI is InChI=1S/C6H16PS/c1-7(2,3)5-6-8-4/h5-6H2,1-4H3/q+1. The van der Waals surface area contributed by atoms with Crippen molar-refractivity contribution in [1.82, 2.24) is 0 Å². The maximum atomic E-state index is 2.39. The maximum Gasteiger partial charge on any atom is 0.0676 e. The summed E-state index contributed by atoms with van der Waals surface area (Å²) in [5.41, 5.74) is 0. The molecule has 0 amide bonds. The zero-order valence-corrected chi connectivity index (χ0v) is 7.98. The van der Waals surface area contributed by atoms with Crippen LogP contribution in [0.25, 0.3) is 0 Å². The van der Waals surface area contributed by atoms with Gasteiger partial charge in [-0.25, -0.2) is 0 Å². The minimum absolute atomic E-state index is 0.453. The van der Waals surface area contributed by atoms with E-state index >= 15 is 0 Å². The zero-order valence-electron chi connectivity index (χ0n) is 6.27. The summed E-state index contributed by atoms with van der Waals surface area (Å²) in [7, 11) is -0.453. The van der Waals surface area contributed by atoms with Crippen LogP contribution in [-0.4, -0.2) is 38.2 Å². The van der Waals surface area contributed by atoms with Gasteiger partial charge in [-0.2, -0.15) is 11.8 Å². The lowest BCUT2D eigenvalue weighted by Crippen LogP contribution is -1.94. The minimum atomic E-state index is -0.453. The topological polar surface area (TPSA) is 0 Å². The molecule has 0 bridgehead atoms. The lowest BCUT2D eigenvalue weighted by atomic mass is 11.0. The third-order valence-corrected chi connectivity index (χ3v) is 3.45. The molecule has 0 aromatic carbocycles. The lowest BCUT2D eigenvalue weighted by molar-refractivity contribution is 1.49. The smallest absolute Gasteiger partial charge is 0.0676 e. The van der Waals surface area contributed by atoms with Gasteiger partial charge in [0.25, 0.3) is 0 Å². The van der Waals surface area contributed by atoms with E-state index in [2.05, 4.69) is 26.3 Å². The van der Waals surface area contributed by atoms with E-state index in [1.807, 2.05) is 11.8 Å². The van der Waals surface area contributed by atoms with E-state index in [-0.39, 0.29) is 0 Å². The van der Waals surface area contributed by atoms with E-state index in [1.165, 1.54) is 11.9 Å². The van der Waals surface area contributed by atoms with Crippen LogP contribution in [0.3, 0.4) is 0 Å². The van der Waals surface area contributed by atoms with E-state index in [0.29, 0.717) is 0 Å². The predicted molar refractivity (Wildman–Crippen MR) is 47.9 cm³/mol. The van der Waals surface area contributed by atoms with Gasteiger partial charge in [-0.05, 0) is 6.26 Å². The molecule has 0 saturated carbocycles. The van der Waals surface area contributed by atoms with Crippen LogP contribution in [0.5, 0.6) is 0 Å². The summed E-state index contributed by atoms with van der Waals surface area (Å²) in [5, 5.41) is 0. The Morgan fingerprint density at radius 2 is 1.75 bits per heavy atom. The predicted octanol–water partition coefficient (Wildman–Crippen LogP) is 2.26. The van der Waals surface area contributed by atoms with Crippen LogP contribution < -0.4 is 0 Å². The van der Waals surface area contributed by atoms with Crippen molar-refractivity contribution >= 4 is 19.0 Å². The summed E-state index contributed by atoms with van der Waals surface area (Å²) in [6.45, 7) is 7.18. The normalized spacial score (nSPS) is 12.0. The SMILES string of the molecule is CSCC[P+](C)(C)C. The van der Waals surface area contributed by atoms with Gasteiger partial charge in [0.05, 0.1) is 6.16 Å². The average molecular weight is 151 g/mol. The largest absolute Gasteiger partial charge is 0.162 e. The summed E-state index contributed by atoms with van der Waals surface area (Å²) in [5.74, 6) is 1.34. The molecule has 50 valence electrons. The Kier molecular flexibility index (Phi) is 4.10. The summed E-state index contributed by atoms with van der Waals surface area (Å²) >= 11 is 1.96. The monoisotopic (exact) mass is 151 g/mol. The van der Waals surface area contributed by atoms with Crippen molar-refractivity contribution in [3.63, 3.8) is 0 Å². The molecule has 0 N–H and O–H groups in total. The highest BCUT2D eigenvalue weighted by Crippen LogP contribution is 2.46. The first-order chi connectivity index (χ1) is 3.56. The second kappa shape index (κ2) is 3.74. The fourth-order valence-electron chi connectivity index (χ4n) is 0.365. The molecule has 0 aliphatic heterocycles. The Morgan fingerprint density at radius 1 is 1.25 bits per heavy atom. The quantitative estimate of drug-likeness (QED) is 0.557. The summed E-state index contributed by atoms with van der Waals surface area (Å²) in [6.07, 6.45) is 3.61. The molecule has 8 heavy (non-hydrogen) atoms. The number of thioether (sulfide) groups is 1. The van der Waals surface area contributed by atoms with E-state index in [4.69, 9.17) is 0 Å². The van der Waals surface area contributed by atoms with Crippen molar-refractivity contribution in [2.45, 2.75) is 0 Å². The van der Waals surface area contributed by atoms with Crippen molar-refractivity contribution in [2.75, 3.05) is 38.2 Å². The third kappa shape index (κ3) is 6.78. The van der Waals surface area contributed by atoms with Crippen LogP contribution in [0.4, 0.5) is 0 Å². The van der Waals surface area contributed by atoms with Gasteiger partial charge in [0.15, 0.2) is 0 Å². The van der Waals surface area contributed by atoms with Crippen molar-refractivity contribution in [2.24, 2.45) is 0 Å². The molecule has 0 nitrogen and oxygen atoms in total.